The highest BCUT2D eigenvalue weighted by molar-refractivity contribution is 6.31. The lowest BCUT2D eigenvalue weighted by molar-refractivity contribution is 0.0176. The minimum Gasteiger partial charge on any atom is -0.396 e. The number of urea groups is 1. The molecular weight excluding hydrogens is 510 g/mol. The van der Waals surface area contributed by atoms with Gasteiger partial charge in [-0.1, -0.05) is 76.2 Å². The van der Waals surface area contributed by atoms with Crippen LogP contribution in [0, 0.1) is 0 Å². The van der Waals surface area contributed by atoms with Crippen LogP contribution in [0.4, 0.5) is 19.4 Å². The monoisotopic (exact) mass is 546 g/mol. The predicted octanol–water partition coefficient (Wildman–Crippen LogP) is 7.64. The van der Waals surface area contributed by atoms with E-state index in [0.29, 0.717) is 41.6 Å². The summed E-state index contributed by atoms with van der Waals surface area (Å²) in [5, 5.41) is 9.24. The second kappa shape index (κ2) is 13.5. The third-order valence-corrected chi connectivity index (χ3v) is 6.13. The average molecular weight is 547 g/mol. The molecular formula is C29H37ClF2N4O2. The maximum atomic E-state index is 14.2. The van der Waals surface area contributed by atoms with E-state index >= 15 is 0 Å². The molecule has 1 N–H and O–H groups in total. The summed E-state index contributed by atoms with van der Waals surface area (Å²) in [6.45, 7) is 13.6. The van der Waals surface area contributed by atoms with Gasteiger partial charge in [0.1, 0.15) is 11.5 Å². The Kier molecular flexibility index (Phi) is 11.0. The number of benzene rings is 2. The molecule has 38 heavy (non-hydrogen) atoms. The highest BCUT2D eigenvalue weighted by Gasteiger charge is 2.37. The normalized spacial score (nSPS) is 12.9. The molecule has 4 rings (SSSR count). The number of aliphatic hydroxyl groups is 1. The molecule has 6 nitrogen and oxygen atoms in total. The van der Waals surface area contributed by atoms with Crippen LogP contribution in [0.5, 0.6) is 0 Å². The van der Waals surface area contributed by atoms with Crippen LogP contribution >= 0.6 is 11.6 Å². The molecule has 0 spiro atoms. The summed E-state index contributed by atoms with van der Waals surface area (Å²) >= 11 is 6.07. The highest BCUT2D eigenvalue weighted by Crippen LogP contribution is 2.40. The maximum absolute atomic E-state index is 14.2. The molecule has 0 saturated heterocycles. The van der Waals surface area contributed by atoms with E-state index in [2.05, 4.69) is 6.58 Å². The molecule has 3 aromatic rings. The molecule has 206 valence electrons. The van der Waals surface area contributed by atoms with Crippen molar-refractivity contribution in [2.24, 2.45) is 0 Å². The molecule has 1 aliphatic rings. The van der Waals surface area contributed by atoms with E-state index in [1.807, 2.05) is 62.6 Å². The van der Waals surface area contributed by atoms with E-state index in [1.54, 1.807) is 13.1 Å². The summed E-state index contributed by atoms with van der Waals surface area (Å²) in [4.78, 5) is 20.6. The van der Waals surface area contributed by atoms with E-state index in [0.717, 1.165) is 12.5 Å². The molecule has 0 bridgehead atoms. The van der Waals surface area contributed by atoms with Gasteiger partial charge in [-0.25, -0.2) is 18.6 Å². The van der Waals surface area contributed by atoms with Crippen LogP contribution in [0.2, 0.25) is 5.02 Å². The number of hydrogen-bond acceptors (Lipinski definition) is 3. The van der Waals surface area contributed by atoms with E-state index < -0.39 is 5.92 Å². The lowest BCUT2D eigenvalue weighted by atomic mass is 10.1. The molecule has 0 atom stereocenters. The fourth-order valence-corrected chi connectivity index (χ4v) is 4.36. The quantitative estimate of drug-likeness (QED) is 0.331. The van der Waals surface area contributed by atoms with Crippen molar-refractivity contribution in [3.8, 4) is 11.4 Å². The zero-order valence-electron chi connectivity index (χ0n) is 22.9. The minimum absolute atomic E-state index is 0.0333. The van der Waals surface area contributed by atoms with Crippen LogP contribution in [0.15, 0.2) is 55.1 Å². The van der Waals surface area contributed by atoms with Gasteiger partial charge in [0.15, 0.2) is 5.82 Å². The first-order valence-electron chi connectivity index (χ1n) is 12.8. The van der Waals surface area contributed by atoms with E-state index in [1.165, 1.54) is 21.9 Å². The third-order valence-electron chi connectivity index (χ3n) is 5.80. The number of hydrogen-bond donors (Lipinski definition) is 1. The van der Waals surface area contributed by atoms with E-state index in [-0.39, 0.29) is 29.8 Å². The van der Waals surface area contributed by atoms with Crippen molar-refractivity contribution in [3.63, 3.8) is 0 Å². The standard InChI is InChI=1S/C25H25ClF2N4O2.2C2H6/c1-16-21-23(30(3)24(34)31(16)12-7-13-33)29-22(32(21)15-17-8-5-4-6-9-17)18-10-11-20(26)19(14-18)25(2,27)28;2*1-2/h4-6,8-11,14,33H,1,7,12-13,15H2,2-3H3;2*1-2H3. The van der Waals surface area contributed by atoms with E-state index in [9.17, 15) is 18.7 Å². The summed E-state index contributed by atoms with van der Waals surface area (Å²) in [7, 11) is 1.61. The number of anilines is 1. The van der Waals surface area contributed by atoms with Crippen LogP contribution in [0.25, 0.3) is 17.1 Å². The van der Waals surface area contributed by atoms with Crippen LogP contribution < -0.4 is 4.90 Å². The number of amides is 2. The maximum Gasteiger partial charge on any atom is 0.329 e. The Morgan fingerprint density at radius 2 is 1.71 bits per heavy atom. The molecule has 2 aromatic carbocycles. The minimum atomic E-state index is -3.14. The Labute approximate surface area is 229 Å². The highest BCUT2D eigenvalue weighted by atomic mass is 35.5. The molecule has 0 saturated carbocycles. The Balaban J connectivity index is 0.00000121. The van der Waals surface area contributed by atoms with Gasteiger partial charge in [-0.3, -0.25) is 9.80 Å². The fraction of sp³-hybridized carbons (Fsp3) is 0.379. The van der Waals surface area contributed by atoms with Gasteiger partial charge >= 0.3 is 6.03 Å². The van der Waals surface area contributed by atoms with E-state index in [4.69, 9.17) is 16.6 Å². The lowest BCUT2D eigenvalue weighted by Gasteiger charge is -2.34. The summed E-state index contributed by atoms with van der Waals surface area (Å²) < 4.78 is 30.3. The first kappa shape index (κ1) is 31.0. The predicted molar refractivity (Wildman–Crippen MR) is 152 cm³/mol. The number of imidazole rings is 1. The molecule has 9 heteroatoms. The van der Waals surface area contributed by atoms with Crippen molar-refractivity contribution in [2.45, 2.75) is 53.5 Å². The summed E-state index contributed by atoms with van der Waals surface area (Å²) in [5.74, 6) is -2.33. The molecule has 1 aromatic heterocycles. The Morgan fingerprint density at radius 1 is 1.08 bits per heavy atom. The van der Waals surface area contributed by atoms with Gasteiger partial charge < -0.3 is 9.67 Å². The first-order valence-corrected chi connectivity index (χ1v) is 13.2. The van der Waals surface area contributed by atoms with Crippen molar-refractivity contribution >= 4 is 29.1 Å². The van der Waals surface area contributed by atoms with Crippen LogP contribution in [-0.4, -0.2) is 45.8 Å². The van der Waals surface area contributed by atoms with Crippen molar-refractivity contribution in [3.05, 3.63) is 77.0 Å². The van der Waals surface area contributed by atoms with Crippen molar-refractivity contribution < 1.29 is 18.7 Å². The number of rotatable bonds is 7. The number of aliphatic hydroxyl groups excluding tert-OH is 1. The fourth-order valence-electron chi connectivity index (χ4n) is 4.07. The van der Waals surface area contributed by atoms with Crippen molar-refractivity contribution in [2.75, 3.05) is 25.1 Å². The topological polar surface area (TPSA) is 61.6 Å². The molecule has 0 aliphatic carbocycles. The van der Waals surface area contributed by atoms with Crippen LogP contribution in [0.1, 0.15) is 57.9 Å². The van der Waals surface area contributed by atoms with Crippen LogP contribution in [0.3, 0.4) is 0 Å². The number of carbonyl (C=O) groups excluding carboxylic acids is 1. The van der Waals surface area contributed by atoms with Gasteiger partial charge in [0.05, 0.1) is 5.70 Å². The van der Waals surface area contributed by atoms with Crippen LogP contribution in [-0.2, 0) is 12.5 Å². The molecule has 0 fully saturated rings. The number of carbonyl (C=O) groups is 1. The van der Waals surface area contributed by atoms with Gasteiger partial charge in [0, 0.05) is 49.8 Å². The zero-order valence-corrected chi connectivity index (χ0v) is 23.7. The number of nitrogens with zero attached hydrogens (tertiary/aromatic N) is 4. The molecule has 2 amide bonds. The van der Waals surface area contributed by atoms with Crippen molar-refractivity contribution in [1.29, 1.82) is 0 Å². The average Bonchev–Trinajstić information content (AvgIpc) is 3.29. The summed E-state index contributed by atoms with van der Waals surface area (Å²) in [6.07, 6.45) is 0.389. The van der Waals surface area contributed by atoms with Gasteiger partial charge in [0.25, 0.3) is 5.92 Å². The Hall–Kier alpha value is -3.23. The first-order chi connectivity index (χ1) is 18.1. The molecule has 0 radical (unpaired) electrons. The number of alkyl halides is 2. The summed E-state index contributed by atoms with van der Waals surface area (Å²) in [5.41, 5.74) is 2.16. The zero-order chi connectivity index (χ0) is 28.6. The SMILES string of the molecule is C=C1c2c(nc(-c3ccc(Cl)c(C(C)(F)F)c3)n2Cc2ccccc2)N(C)C(=O)N1CCCO.CC.CC. The second-order valence-electron chi connectivity index (χ2n) is 8.28. The van der Waals surface area contributed by atoms with Gasteiger partial charge in [-0.05, 0) is 30.2 Å². The van der Waals surface area contributed by atoms with Crippen molar-refractivity contribution in [1.82, 2.24) is 14.5 Å². The third kappa shape index (κ3) is 6.42. The number of halogens is 3. The Morgan fingerprint density at radius 3 is 2.29 bits per heavy atom. The number of aromatic nitrogens is 2. The molecule has 1 aliphatic heterocycles. The largest absolute Gasteiger partial charge is 0.396 e. The molecule has 2 heterocycles. The van der Waals surface area contributed by atoms with Gasteiger partial charge in [-0.2, -0.15) is 0 Å². The number of fused-ring (bicyclic) bond motifs is 1. The smallest absolute Gasteiger partial charge is 0.329 e. The second-order valence-corrected chi connectivity index (χ2v) is 8.69. The molecule has 0 unspecified atom stereocenters. The van der Waals surface area contributed by atoms with Gasteiger partial charge in [0.2, 0.25) is 0 Å². The van der Waals surface area contributed by atoms with Gasteiger partial charge in [-0.15, -0.1) is 0 Å². The Bertz CT molecular complexity index is 1240. The summed E-state index contributed by atoms with van der Waals surface area (Å²) in [6, 6.07) is 13.7. The lowest BCUT2D eigenvalue weighted by Crippen LogP contribution is -2.45.